The van der Waals surface area contributed by atoms with Gasteiger partial charge in [0, 0.05) is 39.5 Å². The molecule has 21 heavy (non-hydrogen) atoms. The standard InChI is InChI=1S/C17H28N2O2/c1-13-5-6-17(15(11-13)12-18-8-10-20-4)19(3)16-7-9-21-14(16)2/h5-6,11,14,16,18H,7-10,12H2,1-4H3. The first-order valence-corrected chi connectivity index (χ1v) is 7.77. The molecule has 1 aromatic carbocycles. The van der Waals surface area contributed by atoms with Gasteiger partial charge in [0.1, 0.15) is 0 Å². The number of ether oxygens (including phenoxy) is 2. The summed E-state index contributed by atoms with van der Waals surface area (Å²) < 4.78 is 10.8. The molecule has 0 aromatic heterocycles. The maximum Gasteiger partial charge on any atom is 0.0750 e. The lowest BCUT2D eigenvalue weighted by atomic mass is 10.0. The summed E-state index contributed by atoms with van der Waals surface area (Å²) in [4.78, 5) is 2.38. The van der Waals surface area contributed by atoms with Crippen LogP contribution in [0.25, 0.3) is 0 Å². The van der Waals surface area contributed by atoms with E-state index < -0.39 is 0 Å². The van der Waals surface area contributed by atoms with E-state index in [0.717, 1.165) is 32.7 Å². The summed E-state index contributed by atoms with van der Waals surface area (Å²) in [6, 6.07) is 7.15. The minimum absolute atomic E-state index is 0.297. The Morgan fingerprint density at radius 1 is 1.43 bits per heavy atom. The van der Waals surface area contributed by atoms with Gasteiger partial charge in [0.25, 0.3) is 0 Å². The van der Waals surface area contributed by atoms with Crippen LogP contribution >= 0.6 is 0 Å². The molecule has 1 heterocycles. The fourth-order valence-corrected chi connectivity index (χ4v) is 3.00. The molecule has 0 aliphatic carbocycles. The van der Waals surface area contributed by atoms with Crippen LogP contribution in [0.4, 0.5) is 5.69 Å². The van der Waals surface area contributed by atoms with Gasteiger partial charge in [-0.2, -0.15) is 0 Å². The van der Waals surface area contributed by atoms with Gasteiger partial charge in [0.05, 0.1) is 18.8 Å². The molecular formula is C17H28N2O2. The highest BCUT2D eigenvalue weighted by Gasteiger charge is 2.28. The van der Waals surface area contributed by atoms with Gasteiger partial charge in [-0.1, -0.05) is 17.7 Å². The number of nitrogens with one attached hydrogen (secondary N) is 1. The Morgan fingerprint density at radius 2 is 2.24 bits per heavy atom. The molecule has 0 spiro atoms. The SMILES string of the molecule is COCCNCc1cc(C)ccc1N(C)C1CCOC1C. The van der Waals surface area contributed by atoms with Gasteiger partial charge in [-0.25, -0.2) is 0 Å². The van der Waals surface area contributed by atoms with Crippen LogP contribution in [-0.2, 0) is 16.0 Å². The third kappa shape index (κ3) is 4.19. The average Bonchev–Trinajstić information content (AvgIpc) is 2.89. The van der Waals surface area contributed by atoms with Crippen molar-refractivity contribution >= 4 is 5.69 Å². The number of aryl methyl sites for hydroxylation is 1. The predicted octanol–water partition coefficient (Wildman–Crippen LogP) is 2.34. The van der Waals surface area contributed by atoms with Crippen LogP contribution in [-0.4, -0.2) is 46.1 Å². The lowest BCUT2D eigenvalue weighted by Crippen LogP contribution is -2.37. The molecule has 118 valence electrons. The van der Waals surface area contributed by atoms with Crippen molar-refractivity contribution in [2.24, 2.45) is 0 Å². The Morgan fingerprint density at radius 3 is 2.90 bits per heavy atom. The molecule has 2 unspecified atom stereocenters. The van der Waals surface area contributed by atoms with Crippen molar-refractivity contribution in [2.45, 2.75) is 39.0 Å². The molecule has 1 saturated heterocycles. The Hall–Kier alpha value is -1.10. The van der Waals surface area contributed by atoms with Gasteiger partial charge in [-0.15, -0.1) is 0 Å². The zero-order valence-corrected chi connectivity index (χ0v) is 13.7. The van der Waals surface area contributed by atoms with Crippen molar-refractivity contribution < 1.29 is 9.47 Å². The molecule has 2 rings (SSSR count). The first-order chi connectivity index (χ1) is 10.1. The Balaban J connectivity index is 2.10. The fourth-order valence-electron chi connectivity index (χ4n) is 3.00. The van der Waals surface area contributed by atoms with E-state index in [4.69, 9.17) is 9.47 Å². The average molecular weight is 292 g/mol. The molecule has 2 atom stereocenters. The van der Waals surface area contributed by atoms with E-state index in [1.165, 1.54) is 16.8 Å². The molecule has 1 N–H and O–H groups in total. The summed E-state index contributed by atoms with van der Waals surface area (Å²) in [5.74, 6) is 0. The number of anilines is 1. The largest absolute Gasteiger partial charge is 0.383 e. The molecule has 0 amide bonds. The Labute approximate surface area is 128 Å². The summed E-state index contributed by atoms with van der Waals surface area (Å²) in [5.41, 5.74) is 3.94. The van der Waals surface area contributed by atoms with Crippen molar-refractivity contribution in [3.8, 4) is 0 Å². The Bertz CT molecular complexity index is 450. The van der Waals surface area contributed by atoms with E-state index in [0.29, 0.717) is 12.1 Å². The van der Waals surface area contributed by atoms with Crippen LogP contribution in [0.3, 0.4) is 0 Å². The molecule has 1 aromatic rings. The second-order valence-corrected chi connectivity index (χ2v) is 5.84. The second-order valence-electron chi connectivity index (χ2n) is 5.84. The molecule has 4 nitrogen and oxygen atoms in total. The highest BCUT2D eigenvalue weighted by molar-refractivity contribution is 5.55. The Kier molecular flexibility index (Phi) is 6.03. The topological polar surface area (TPSA) is 33.7 Å². The lowest BCUT2D eigenvalue weighted by Gasteiger charge is -2.31. The lowest BCUT2D eigenvalue weighted by molar-refractivity contribution is 0.118. The minimum atomic E-state index is 0.297. The van der Waals surface area contributed by atoms with Gasteiger partial charge in [-0.05, 0) is 31.9 Å². The summed E-state index contributed by atoms with van der Waals surface area (Å²) in [6.45, 7) is 7.65. The van der Waals surface area contributed by atoms with Gasteiger partial charge in [-0.3, -0.25) is 0 Å². The molecule has 1 aliphatic rings. The first-order valence-electron chi connectivity index (χ1n) is 7.77. The normalized spacial score (nSPS) is 21.7. The fraction of sp³-hybridized carbons (Fsp3) is 0.647. The zero-order valence-electron chi connectivity index (χ0n) is 13.7. The van der Waals surface area contributed by atoms with E-state index in [1.54, 1.807) is 7.11 Å². The number of rotatable bonds is 7. The number of methoxy groups -OCH3 is 1. The monoisotopic (exact) mass is 292 g/mol. The van der Waals surface area contributed by atoms with E-state index in [2.05, 4.69) is 49.3 Å². The van der Waals surface area contributed by atoms with Crippen molar-refractivity contribution in [1.82, 2.24) is 5.32 Å². The van der Waals surface area contributed by atoms with Crippen LogP contribution in [0.5, 0.6) is 0 Å². The van der Waals surface area contributed by atoms with E-state index in [1.807, 2.05) is 0 Å². The van der Waals surface area contributed by atoms with E-state index in [9.17, 15) is 0 Å². The number of nitrogens with zero attached hydrogens (tertiary/aromatic N) is 1. The highest BCUT2D eigenvalue weighted by Crippen LogP contribution is 2.28. The van der Waals surface area contributed by atoms with Crippen molar-refractivity contribution in [3.63, 3.8) is 0 Å². The summed E-state index contributed by atoms with van der Waals surface area (Å²) >= 11 is 0. The minimum Gasteiger partial charge on any atom is -0.383 e. The molecule has 0 saturated carbocycles. The molecule has 1 aliphatic heterocycles. The highest BCUT2D eigenvalue weighted by atomic mass is 16.5. The summed E-state index contributed by atoms with van der Waals surface area (Å²) in [5, 5.41) is 3.44. The first kappa shape index (κ1) is 16.3. The molecule has 1 fully saturated rings. The number of benzene rings is 1. The van der Waals surface area contributed by atoms with Crippen LogP contribution < -0.4 is 10.2 Å². The number of likely N-dealkylation sites (N-methyl/N-ethyl adjacent to an activating group) is 1. The quantitative estimate of drug-likeness (QED) is 0.782. The van der Waals surface area contributed by atoms with Crippen LogP contribution in [0.2, 0.25) is 0 Å². The smallest absolute Gasteiger partial charge is 0.0750 e. The molecule has 0 radical (unpaired) electrons. The molecule has 0 bridgehead atoms. The van der Waals surface area contributed by atoms with Crippen molar-refractivity contribution in [2.75, 3.05) is 38.8 Å². The van der Waals surface area contributed by atoms with Crippen LogP contribution in [0.15, 0.2) is 18.2 Å². The maximum absolute atomic E-state index is 5.71. The third-order valence-corrected chi connectivity index (χ3v) is 4.25. The second kappa shape index (κ2) is 7.78. The van der Waals surface area contributed by atoms with Gasteiger partial charge >= 0.3 is 0 Å². The summed E-state index contributed by atoms with van der Waals surface area (Å²) in [7, 11) is 3.91. The van der Waals surface area contributed by atoms with Crippen molar-refractivity contribution in [3.05, 3.63) is 29.3 Å². The number of hydrogen-bond acceptors (Lipinski definition) is 4. The summed E-state index contributed by atoms with van der Waals surface area (Å²) in [6.07, 6.45) is 1.40. The van der Waals surface area contributed by atoms with Crippen molar-refractivity contribution in [1.29, 1.82) is 0 Å². The molecule has 4 heteroatoms. The van der Waals surface area contributed by atoms with Gasteiger partial charge in [0.2, 0.25) is 0 Å². The van der Waals surface area contributed by atoms with Crippen LogP contribution in [0, 0.1) is 6.92 Å². The van der Waals surface area contributed by atoms with Gasteiger partial charge in [0.15, 0.2) is 0 Å². The van der Waals surface area contributed by atoms with Gasteiger partial charge < -0.3 is 19.7 Å². The third-order valence-electron chi connectivity index (χ3n) is 4.25. The van der Waals surface area contributed by atoms with Crippen LogP contribution in [0.1, 0.15) is 24.5 Å². The zero-order chi connectivity index (χ0) is 15.2. The molecular weight excluding hydrogens is 264 g/mol. The predicted molar refractivity (Wildman–Crippen MR) is 87.0 cm³/mol. The van der Waals surface area contributed by atoms with E-state index >= 15 is 0 Å². The van der Waals surface area contributed by atoms with E-state index in [-0.39, 0.29) is 0 Å². The maximum atomic E-state index is 5.71. The number of hydrogen-bond donors (Lipinski definition) is 1.